The van der Waals surface area contributed by atoms with E-state index in [1.54, 1.807) is 0 Å². The number of halogens is 1. The van der Waals surface area contributed by atoms with Crippen LogP contribution >= 0.6 is 24.0 Å². The van der Waals surface area contributed by atoms with Crippen molar-refractivity contribution in [2.45, 2.75) is 76.5 Å². The van der Waals surface area contributed by atoms with Crippen LogP contribution in [0.15, 0.2) is 4.99 Å². The predicted molar refractivity (Wildman–Crippen MR) is 97.4 cm³/mol. The number of hydrogen-bond acceptors (Lipinski definition) is 2. The molecule has 2 aliphatic heterocycles. The average Bonchev–Trinajstić information content (AvgIpc) is 3.16. The zero-order valence-electron chi connectivity index (χ0n) is 13.1. The fourth-order valence-corrected chi connectivity index (χ4v) is 3.94. The van der Waals surface area contributed by atoms with Crippen molar-refractivity contribution in [1.29, 1.82) is 0 Å². The van der Waals surface area contributed by atoms with Crippen molar-refractivity contribution in [3.05, 3.63) is 0 Å². The molecule has 0 radical (unpaired) electrons. The summed E-state index contributed by atoms with van der Waals surface area (Å²) in [5, 5.41) is 6.97. The summed E-state index contributed by atoms with van der Waals surface area (Å²) in [6.07, 6.45) is 11.5. The molecular formula is C16H30IN3O. The van der Waals surface area contributed by atoms with E-state index in [1.165, 1.54) is 44.9 Å². The Morgan fingerprint density at radius 2 is 2.00 bits per heavy atom. The maximum absolute atomic E-state index is 5.90. The highest BCUT2D eigenvalue weighted by Gasteiger charge is 2.41. The normalized spacial score (nSPS) is 32.2. The van der Waals surface area contributed by atoms with Crippen molar-refractivity contribution in [3.63, 3.8) is 0 Å². The molecule has 3 fully saturated rings. The van der Waals surface area contributed by atoms with Gasteiger partial charge in [-0.15, -0.1) is 24.0 Å². The van der Waals surface area contributed by atoms with E-state index in [0.29, 0.717) is 18.2 Å². The van der Waals surface area contributed by atoms with E-state index < -0.39 is 0 Å². The second-order valence-electron chi connectivity index (χ2n) is 6.56. The molecule has 0 amide bonds. The summed E-state index contributed by atoms with van der Waals surface area (Å²) in [4.78, 5) is 4.76. The lowest BCUT2D eigenvalue weighted by Gasteiger charge is -2.22. The molecule has 21 heavy (non-hydrogen) atoms. The highest BCUT2D eigenvalue weighted by atomic mass is 127. The van der Waals surface area contributed by atoms with Crippen LogP contribution in [0, 0.1) is 5.92 Å². The van der Waals surface area contributed by atoms with Gasteiger partial charge >= 0.3 is 0 Å². The quantitative estimate of drug-likeness (QED) is 0.418. The topological polar surface area (TPSA) is 45.7 Å². The third kappa shape index (κ3) is 4.71. The van der Waals surface area contributed by atoms with Crippen LogP contribution in [0.4, 0.5) is 0 Å². The molecule has 3 unspecified atom stereocenters. The Morgan fingerprint density at radius 3 is 2.62 bits per heavy atom. The predicted octanol–water partition coefficient (Wildman–Crippen LogP) is 3.06. The molecule has 0 aromatic rings. The van der Waals surface area contributed by atoms with E-state index in [1.807, 2.05) is 0 Å². The summed E-state index contributed by atoms with van der Waals surface area (Å²) in [7, 11) is 0. The summed E-state index contributed by atoms with van der Waals surface area (Å²) < 4.78 is 5.90. The number of nitrogens with one attached hydrogen (secondary N) is 2. The van der Waals surface area contributed by atoms with Crippen LogP contribution < -0.4 is 10.6 Å². The molecule has 0 aromatic heterocycles. The number of fused-ring (bicyclic) bond motifs is 2. The molecule has 0 aromatic carbocycles. The summed E-state index contributed by atoms with van der Waals surface area (Å²) in [6, 6.07) is 0.470. The first-order valence-corrected chi connectivity index (χ1v) is 8.55. The Bertz CT molecular complexity index is 344. The smallest absolute Gasteiger partial charge is 0.191 e. The van der Waals surface area contributed by atoms with Gasteiger partial charge in [-0.25, -0.2) is 0 Å². The number of ether oxygens (including phenoxy) is 1. The van der Waals surface area contributed by atoms with Crippen LogP contribution in [0.2, 0.25) is 0 Å². The molecule has 5 heteroatoms. The van der Waals surface area contributed by atoms with Gasteiger partial charge < -0.3 is 15.4 Å². The molecule has 1 saturated carbocycles. The Balaban J connectivity index is 0.00000161. The first kappa shape index (κ1) is 17.3. The monoisotopic (exact) mass is 407 g/mol. The first-order valence-electron chi connectivity index (χ1n) is 8.55. The van der Waals surface area contributed by atoms with E-state index >= 15 is 0 Å². The third-order valence-corrected chi connectivity index (χ3v) is 5.05. The Kier molecular flexibility index (Phi) is 7.05. The number of aliphatic imine (C=N–C) groups is 1. The molecule has 3 atom stereocenters. The van der Waals surface area contributed by atoms with Gasteiger partial charge in [0.15, 0.2) is 5.96 Å². The van der Waals surface area contributed by atoms with E-state index in [-0.39, 0.29) is 24.0 Å². The Labute approximate surface area is 145 Å². The molecule has 3 aliphatic rings. The summed E-state index contributed by atoms with van der Waals surface area (Å²) >= 11 is 0. The van der Waals surface area contributed by atoms with E-state index in [2.05, 4.69) is 17.6 Å². The van der Waals surface area contributed by atoms with Gasteiger partial charge in [-0.1, -0.05) is 25.7 Å². The Hall–Kier alpha value is -0.0400. The van der Waals surface area contributed by atoms with Gasteiger partial charge in [-0.05, 0) is 38.5 Å². The minimum atomic E-state index is 0. The number of hydrogen-bond donors (Lipinski definition) is 2. The lowest BCUT2D eigenvalue weighted by Crippen LogP contribution is -2.47. The standard InChI is InChI=1S/C16H29N3O.HI/c1-2-17-16(18-10-9-12-5-3-4-6-12)19-14-11-13-7-8-15(14)20-13;/h12-15H,2-11H2,1H3,(H2,17,18,19);1H. The molecule has 122 valence electrons. The Morgan fingerprint density at radius 1 is 1.19 bits per heavy atom. The van der Waals surface area contributed by atoms with Gasteiger partial charge in [-0.3, -0.25) is 4.99 Å². The van der Waals surface area contributed by atoms with Crippen LogP contribution in [0.5, 0.6) is 0 Å². The van der Waals surface area contributed by atoms with Crippen molar-refractivity contribution < 1.29 is 4.74 Å². The first-order chi connectivity index (χ1) is 9.85. The number of nitrogens with zero attached hydrogens (tertiary/aromatic N) is 1. The summed E-state index contributed by atoms with van der Waals surface area (Å²) in [5.41, 5.74) is 0. The highest BCUT2D eigenvalue weighted by Crippen LogP contribution is 2.34. The largest absolute Gasteiger partial charge is 0.373 e. The molecule has 1 aliphatic carbocycles. The van der Waals surface area contributed by atoms with Crippen molar-refractivity contribution >= 4 is 29.9 Å². The SMILES string of the molecule is CCNC(=NCCC1CCCC1)NC1CC2CCC1O2.I. The van der Waals surface area contributed by atoms with Gasteiger partial charge in [0, 0.05) is 13.1 Å². The van der Waals surface area contributed by atoms with Gasteiger partial charge in [0.2, 0.25) is 0 Å². The van der Waals surface area contributed by atoms with Gasteiger partial charge in [0.25, 0.3) is 0 Å². The van der Waals surface area contributed by atoms with Crippen LogP contribution in [0.25, 0.3) is 0 Å². The van der Waals surface area contributed by atoms with Crippen LogP contribution in [-0.4, -0.2) is 37.3 Å². The van der Waals surface area contributed by atoms with Gasteiger partial charge in [0.1, 0.15) is 0 Å². The average molecular weight is 407 g/mol. The third-order valence-electron chi connectivity index (χ3n) is 5.05. The fourth-order valence-electron chi connectivity index (χ4n) is 3.94. The lowest BCUT2D eigenvalue weighted by molar-refractivity contribution is 0.0992. The zero-order valence-corrected chi connectivity index (χ0v) is 15.5. The summed E-state index contributed by atoms with van der Waals surface area (Å²) in [5.74, 6) is 1.92. The highest BCUT2D eigenvalue weighted by molar-refractivity contribution is 14.0. The van der Waals surface area contributed by atoms with Gasteiger partial charge in [0.05, 0.1) is 18.2 Å². The zero-order chi connectivity index (χ0) is 13.8. The second-order valence-corrected chi connectivity index (χ2v) is 6.56. The molecule has 2 bridgehead atoms. The maximum Gasteiger partial charge on any atom is 0.191 e. The van der Waals surface area contributed by atoms with Crippen molar-refractivity contribution in [1.82, 2.24) is 10.6 Å². The molecule has 2 N–H and O–H groups in total. The van der Waals surface area contributed by atoms with Crippen molar-refractivity contribution in [2.75, 3.05) is 13.1 Å². The fraction of sp³-hybridized carbons (Fsp3) is 0.938. The maximum atomic E-state index is 5.90. The lowest BCUT2D eigenvalue weighted by atomic mass is 9.96. The molecule has 0 spiro atoms. The second kappa shape index (κ2) is 8.56. The van der Waals surface area contributed by atoms with Crippen LogP contribution in [0.3, 0.4) is 0 Å². The van der Waals surface area contributed by atoms with Crippen LogP contribution in [0.1, 0.15) is 58.3 Å². The molecule has 2 saturated heterocycles. The van der Waals surface area contributed by atoms with E-state index in [0.717, 1.165) is 31.4 Å². The summed E-state index contributed by atoms with van der Waals surface area (Å²) in [6.45, 7) is 4.02. The molecule has 2 heterocycles. The van der Waals surface area contributed by atoms with Gasteiger partial charge in [-0.2, -0.15) is 0 Å². The van der Waals surface area contributed by atoms with Crippen molar-refractivity contribution in [2.24, 2.45) is 10.9 Å². The number of rotatable bonds is 5. The minimum absolute atomic E-state index is 0. The van der Waals surface area contributed by atoms with E-state index in [9.17, 15) is 0 Å². The number of guanidine groups is 1. The van der Waals surface area contributed by atoms with E-state index in [4.69, 9.17) is 9.73 Å². The molecule has 4 nitrogen and oxygen atoms in total. The van der Waals surface area contributed by atoms with Crippen LogP contribution in [-0.2, 0) is 4.74 Å². The van der Waals surface area contributed by atoms with Crippen molar-refractivity contribution in [3.8, 4) is 0 Å². The molecule has 3 rings (SSSR count). The minimum Gasteiger partial charge on any atom is -0.373 e. The molecular weight excluding hydrogens is 377 g/mol.